The fourth-order valence-corrected chi connectivity index (χ4v) is 4.29. The first-order chi connectivity index (χ1) is 15.4. The van der Waals surface area contributed by atoms with E-state index in [0.717, 1.165) is 32.2 Å². The number of fused-ring (bicyclic) bond motifs is 1. The van der Waals surface area contributed by atoms with Crippen molar-refractivity contribution in [3.8, 4) is 0 Å². The summed E-state index contributed by atoms with van der Waals surface area (Å²) in [5, 5.41) is 6.07. The number of rotatable bonds is 6. The van der Waals surface area contributed by atoms with Crippen LogP contribution >= 0.6 is 11.6 Å². The predicted molar refractivity (Wildman–Crippen MR) is 124 cm³/mol. The predicted octanol–water partition coefficient (Wildman–Crippen LogP) is 4.44. The van der Waals surface area contributed by atoms with E-state index in [4.69, 9.17) is 16.0 Å². The molecule has 1 fully saturated rings. The Kier molecular flexibility index (Phi) is 6.72. The zero-order valence-corrected chi connectivity index (χ0v) is 18.9. The van der Waals surface area contributed by atoms with Crippen molar-refractivity contribution in [1.29, 1.82) is 0 Å². The highest BCUT2D eigenvalue weighted by Gasteiger charge is 2.29. The van der Waals surface area contributed by atoms with Gasteiger partial charge in [-0.15, -0.1) is 0 Å². The largest absolute Gasteiger partial charge is 0.447 e. The molecule has 0 radical (unpaired) electrons. The van der Waals surface area contributed by atoms with E-state index < -0.39 is 5.91 Å². The summed E-state index contributed by atoms with van der Waals surface area (Å²) >= 11 is 5.86. The standard InChI is InChI=1S/C23H26ClN5O3/c1-29(2)13-14-5-7-15(8-6-14)22(30)28-20-19-17(4-3-11-25-19)32-21(20)23(31)27-18-10-9-16(24)12-26-18/h3-4,9-12,14-15H,5-8,13H2,1-2H3,(H,28,30)(H,26,27,31)/t14-,15-. The van der Waals surface area contributed by atoms with Crippen LogP contribution in [0.15, 0.2) is 41.1 Å². The summed E-state index contributed by atoms with van der Waals surface area (Å²) in [6.07, 6.45) is 6.70. The topological polar surface area (TPSA) is 100 Å². The van der Waals surface area contributed by atoms with Crippen molar-refractivity contribution in [2.75, 3.05) is 31.3 Å². The van der Waals surface area contributed by atoms with Crippen molar-refractivity contribution < 1.29 is 14.0 Å². The van der Waals surface area contributed by atoms with Crippen molar-refractivity contribution in [1.82, 2.24) is 14.9 Å². The average molecular weight is 456 g/mol. The van der Waals surface area contributed by atoms with E-state index in [1.807, 2.05) is 0 Å². The molecule has 0 atom stereocenters. The second kappa shape index (κ2) is 9.67. The molecule has 0 aliphatic heterocycles. The molecule has 3 heterocycles. The van der Waals surface area contributed by atoms with Gasteiger partial charge in [0, 0.05) is 24.9 Å². The van der Waals surface area contributed by atoms with Crippen molar-refractivity contribution in [3.05, 3.63) is 47.4 Å². The molecular weight excluding hydrogens is 430 g/mol. The maximum Gasteiger partial charge on any atom is 0.294 e. The molecule has 0 saturated heterocycles. The third kappa shape index (κ3) is 5.08. The molecule has 1 aliphatic carbocycles. The number of carbonyl (C=O) groups excluding carboxylic acids is 2. The lowest BCUT2D eigenvalue weighted by molar-refractivity contribution is -0.121. The molecule has 9 heteroatoms. The number of aromatic nitrogens is 2. The Labute approximate surface area is 191 Å². The normalized spacial score (nSPS) is 18.6. The summed E-state index contributed by atoms with van der Waals surface area (Å²) in [4.78, 5) is 36.6. The van der Waals surface area contributed by atoms with E-state index in [0.29, 0.717) is 27.9 Å². The number of carbonyl (C=O) groups is 2. The minimum absolute atomic E-state index is 0.00917. The van der Waals surface area contributed by atoms with Crippen LogP contribution in [0.5, 0.6) is 0 Å². The van der Waals surface area contributed by atoms with Gasteiger partial charge in [0.05, 0.1) is 5.02 Å². The third-order valence-electron chi connectivity index (χ3n) is 5.71. The number of amides is 2. The first kappa shape index (κ1) is 22.2. The summed E-state index contributed by atoms with van der Waals surface area (Å²) in [6.45, 7) is 1.04. The van der Waals surface area contributed by atoms with Gasteiger partial charge in [-0.05, 0) is 70.0 Å². The molecule has 4 rings (SSSR count). The van der Waals surface area contributed by atoms with Gasteiger partial charge in [0.15, 0.2) is 5.58 Å². The van der Waals surface area contributed by atoms with Crippen LogP contribution in [0.2, 0.25) is 5.02 Å². The summed E-state index contributed by atoms with van der Waals surface area (Å²) < 4.78 is 5.76. The summed E-state index contributed by atoms with van der Waals surface area (Å²) in [7, 11) is 4.14. The number of anilines is 2. The molecular formula is C23H26ClN5O3. The number of pyridine rings is 2. The van der Waals surface area contributed by atoms with Crippen molar-refractivity contribution in [2.45, 2.75) is 25.7 Å². The number of nitrogens with zero attached hydrogens (tertiary/aromatic N) is 3. The highest BCUT2D eigenvalue weighted by atomic mass is 35.5. The Morgan fingerprint density at radius 1 is 1.12 bits per heavy atom. The molecule has 2 N–H and O–H groups in total. The van der Waals surface area contributed by atoms with Gasteiger partial charge in [0.25, 0.3) is 5.91 Å². The average Bonchev–Trinajstić information content (AvgIpc) is 3.14. The first-order valence-electron chi connectivity index (χ1n) is 10.7. The molecule has 0 spiro atoms. The summed E-state index contributed by atoms with van der Waals surface area (Å²) in [5.74, 6) is 0.187. The monoisotopic (exact) mass is 455 g/mol. The fourth-order valence-electron chi connectivity index (χ4n) is 4.18. The van der Waals surface area contributed by atoms with Crippen LogP contribution in [-0.2, 0) is 4.79 Å². The lowest BCUT2D eigenvalue weighted by Crippen LogP contribution is -2.31. The Hall–Kier alpha value is -2.97. The van der Waals surface area contributed by atoms with Crippen molar-refractivity contribution >= 4 is 46.0 Å². The molecule has 8 nitrogen and oxygen atoms in total. The molecule has 0 unspecified atom stereocenters. The van der Waals surface area contributed by atoms with E-state index >= 15 is 0 Å². The highest BCUT2D eigenvalue weighted by molar-refractivity contribution is 6.30. The Morgan fingerprint density at radius 3 is 2.59 bits per heavy atom. The molecule has 0 bridgehead atoms. The van der Waals surface area contributed by atoms with Gasteiger partial charge in [-0.2, -0.15) is 0 Å². The van der Waals surface area contributed by atoms with E-state index in [9.17, 15) is 9.59 Å². The van der Waals surface area contributed by atoms with E-state index in [1.54, 1.807) is 30.5 Å². The van der Waals surface area contributed by atoms with Gasteiger partial charge >= 0.3 is 0 Å². The van der Waals surface area contributed by atoms with Crippen LogP contribution in [0, 0.1) is 11.8 Å². The van der Waals surface area contributed by atoms with Crippen molar-refractivity contribution in [2.24, 2.45) is 11.8 Å². The van der Waals surface area contributed by atoms with Crippen LogP contribution in [0.3, 0.4) is 0 Å². The number of nitrogens with one attached hydrogen (secondary N) is 2. The van der Waals surface area contributed by atoms with Crippen LogP contribution in [0.25, 0.3) is 11.1 Å². The van der Waals surface area contributed by atoms with Crippen LogP contribution in [0.4, 0.5) is 11.5 Å². The zero-order valence-electron chi connectivity index (χ0n) is 18.1. The first-order valence-corrected chi connectivity index (χ1v) is 11.0. The van der Waals surface area contributed by atoms with Crippen LogP contribution in [-0.4, -0.2) is 47.3 Å². The molecule has 3 aromatic rings. The number of hydrogen-bond acceptors (Lipinski definition) is 6. The van der Waals surface area contributed by atoms with Crippen LogP contribution in [0.1, 0.15) is 36.2 Å². The molecule has 3 aromatic heterocycles. The Bertz CT molecular complexity index is 1100. The molecule has 2 amide bonds. The second-order valence-electron chi connectivity index (χ2n) is 8.44. The van der Waals surface area contributed by atoms with E-state index in [-0.39, 0.29) is 23.3 Å². The molecule has 1 saturated carbocycles. The van der Waals surface area contributed by atoms with Gasteiger partial charge in [0.2, 0.25) is 11.7 Å². The SMILES string of the molecule is CN(C)C[C@H]1CC[C@H](C(=O)Nc2c(C(=O)Nc3ccc(Cl)cn3)oc3cccnc23)CC1. The number of furan rings is 1. The molecule has 1 aliphatic rings. The highest BCUT2D eigenvalue weighted by Crippen LogP contribution is 2.33. The van der Waals surface area contributed by atoms with E-state index in [2.05, 4.69) is 39.6 Å². The van der Waals surface area contributed by atoms with E-state index in [1.165, 1.54) is 6.20 Å². The number of hydrogen-bond donors (Lipinski definition) is 2. The zero-order chi connectivity index (χ0) is 22.7. The smallest absolute Gasteiger partial charge is 0.294 e. The van der Waals surface area contributed by atoms with Gasteiger partial charge in [-0.1, -0.05) is 11.6 Å². The Balaban J connectivity index is 1.52. The molecule has 0 aromatic carbocycles. The maximum atomic E-state index is 13.1. The fraction of sp³-hybridized carbons (Fsp3) is 0.391. The van der Waals surface area contributed by atoms with Gasteiger partial charge in [-0.25, -0.2) is 4.98 Å². The third-order valence-corrected chi connectivity index (χ3v) is 5.93. The maximum absolute atomic E-state index is 13.1. The van der Waals surface area contributed by atoms with Gasteiger partial charge in [-0.3, -0.25) is 14.6 Å². The molecule has 168 valence electrons. The Morgan fingerprint density at radius 2 is 1.91 bits per heavy atom. The second-order valence-corrected chi connectivity index (χ2v) is 8.88. The number of halogens is 1. The van der Waals surface area contributed by atoms with Gasteiger partial charge < -0.3 is 20.0 Å². The lowest BCUT2D eigenvalue weighted by atomic mass is 9.81. The minimum atomic E-state index is -0.525. The summed E-state index contributed by atoms with van der Waals surface area (Å²) in [5.41, 5.74) is 1.15. The van der Waals surface area contributed by atoms with Gasteiger partial charge in [0.1, 0.15) is 17.0 Å². The minimum Gasteiger partial charge on any atom is -0.447 e. The quantitative estimate of drug-likeness (QED) is 0.570. The van der Waals surface area contributed by atoms with Crippen molar-refractivity contribution in [3.63, 3.8) is 0 Å². The molecule has 32 heavy (non-hydrogen) atoms. The van der Waals surface area contributed by atoms with Crippen LogP contribution < -0.4 is 10.6 Å². The summed E-state index contributed by atoms with van der Waals surface area (Å²) in [6, 6.07) is 6.64. The lowest BCUT2D eigenvalue weighted by Gasteiger charge is -2.29.